The lowest BCUT2D eigenvalue weighted by atomic mass is 10.4. The standard InChI is InChI=1S/C11H13N5OS/c1-2-8-15-11(18-16-8)13-7-10(17)14-9-5-3-4-6-12-9/h3-6H,2,7H2,1H3,(H,12,14,17)(H,13,15,16). The van der Waals surface area contributed by atoms with Crippen molar-refractivity contribution >= 4 is 28.4 Å². The molecule has 0 saturated heterocycles. The third kappa shape index (κ3) is 3.49. The van der Waals surface area contributed by atoms with Crippen molar-refractivity contribution in [2.45, 2.75) is 13.3 Å². The molecular weight excluding hydrogens is 250 g/mol. The highest BCUT2D eigenvalue weighted by Crippen LogP contribution is 2.10. The zero-order chi connectivity index (χ0) is 12.8. The lowest BCUT2D eigenvalue weighted by Gasteiger charge is -2.03. The quantitative estimate of drug-likeness (QED) is 0.855. The monoisotopic (exact) mass is 263 g/mol. The molecule has 6 nitrogen and oxygen atoms in total. The van der Waals surface area contributed by atoms with Crippen molar-refractivity contribution in [2.24, 2.45) is 0 Å². The number of hydrogen-bond acceptors (Lipinski definition) is 6. The summed E-state index contributed by atoms with van der Waals surface area (Å²) in [6.07, 6.45) is 2.42. The van der Waals surface area contributed by atoms with Crippen molar-refractivity contribution in [3.63, 3.8) is 0 Å². The lowest BCUT2D eigenvalue weighted by Crippen LogP contribution is -2.22. The van der Waals surface area contributed by atoms with Gasteiger partial charge in [-0.1, -0.05) is 13.0 Å². The minimum absolute atomic E-state index is 0.148. The summed E-state index contributed by atoms with van der Waals surface area (Å²) in [7, 11) is 0. The molecule has 0 aliphatic heterocycles. The number of nitrogens with zero attached hydrogens (tertiary/aromatic N) is 3. The van der Waals surface area contributed by atoms with Crippen molar-refractivity contribution in [1.82, 2.24) is 14.3 Å². The molecule has 0 atom stereocenters. The number of carbonyl (C=O) groups excluding carboxylic acids is 1. The summed E-state index contributed by atoms with van der Waals surface area (Å²) in [4.78, 5) is 19.8. The number of carbonyl (C=O) groups is 1. The van der Waals surface area contributed by atoms with E-state index >= 15 is 0 Å². The summed E-state index contributed by atoms with van der Waals surface area (Å²) < 4.78 is 4.12. The van der Waals surface area contributed by atoms with Crippen LogP contribution in [0.15, 0.2) is 24.4 Å². The predicted molar refractivity (Wildman–Crippen MR) is 70.6 cm³/mol. The van der Waals surface area contributed by atoms with Gasteiger partial charge >= 0.3 is 0 Å². The Hall–Kier alpha value is -2.02. The van der Waals surface area contributed by atoms with Gasteiger partial charge in [-0.05, 0) is 12.1 Å². The number of amides is 1. The van der Waals surface area contributed by atoms with Crippen molar-refractivity contribution in [2.75, 3.05) is 17.2 Å². The van der Waals surface area contributed by atoms with Gasteiger partial charge in [0.25, 0.3) is 0 Å². The molecule has 1 amide bonds. The number of aromatic nitrogens is 3. The normalized spacial score (nSPS) is 10.1. The fourth-order valence-electron chi connectivity index (χ4n) is 1.25. The molecule has 94 valence electrons. The molecule has 0 bridgehead atoms. The van der Waals surface area contributed by atoms with E-state index in [0.29, 0.717) is 10.9 Å². The average Bonchev–Trinajstić information content (AvgIpc) is 2.85. The highest BCUT2D eigenvalue weighted by atomic mass is 32.1. The van der Waals surface area contributed by atoms with E-state index in [0.717, 1.165) is 12.2 Å². The lowest BCUT2D eigenvalue weighted by molar-refractivity contribution is -0.114. The number of anilines is 2. The smallest absolute Gasteiger partial charge is 0.244 e. The number of aryl methyl sites for hydroxylation is 1. The maximum absolute atomic E-state index is 11.6. The first kappa shape index (κ1) is 12.4. The van der Waals surface area contributed by atoms with Crippen molar-refractivity contribution in [3.8, 4) is 0 Å². The molecule has 2 rings (SSSR count). The van der Waals surface area contributed by atoms with Crippen LogP contribution >= 0.6 is 11.5 Å². The SMILES string of the molecule is CCc1nsc(NCC(=O)Nc2ccccn2)n1. The summed E-state index contributed by atoms with van der Waals surface area (Å²) in [6.45, 7) is 2.13. The Morgan fingerprint density at radius 3 is 3.00 bits per heavy atom. The van der Waals surface area contributed by atoms with E-state index in [4.69, 9.17) is 0 Å². The van der Waals surface area contributed by atoms with E-state index in [2.05, 4.69) is 25.0 Å². The third-order valence-corrected chi connectivity index (χ3v) is 2.83. The van der Waals surface area contributed by atoms with Gasteiger partial charge < -0.3 is 10.6 Å². The van der Waals surface area contributed by atoms with Crippen molar-refractivity contribution in [3.05, 3.63) is 30.2 Å². The van der Waals surface area contributed by atoms with Crippen LogP contribution in [0.2, 0.25) is 0 Å². The number of pyridine rings is 1. The average molecular weight is 263 g/mol. The second-order valence-corrected chi connectivity index (χ2v) is 4.24. The zero-order valence-electron chi connectivity index (χ0n) is 9.88. The van der Waals surface area contributed by atoms with E-state index in [1.165, 1.54) is 11.5 Å². The summed E-state index contributed by atoms with van der Waals surface area (Å²) in [5.41, 5.74) is 0. The summed E-state index contributed by atoms with van der Waals surface area (Å²) >= 11 is 1.25. The molecule has 7 heteroatoms. The van der Waals surface area contributed by atoms with Gasteiger partial charge in [0.2, 0.25) is 11.0 Å². The van der Waals surface area contributed by atoms with Gasteiger partial charge in [0.1, 0.15) is 11.6 Å². The van der Waals surface area contributed by atoms with Crippen LogP contribution in [0, 0.1) is 0 Å². The first-order valence-electron chi connectivity index (χ1n) is 5.55. The van der Waals surface area contributed by atoms with Gasteiger partial charge in [0, 0.05) is 24.2 Å². The Morgan fingerprint density at radius 2 is 2.33 bits per heavy atom. The molecular formula is C11H13N5OS. The van der Waals surface area contributed by atoms with Crippen LogP contribution in [0.1, 0.15) is 12.7 Å². The first-order valence-corrected chi connectivity index (χ1v) is 6.32. The molecule has 2 N–H and O–H groups in total. The van der Waals surface area contributed by atoms with Gasteiger partial charge in [-0.3, -0.25) is 4.79 Å². The van der Waals surface area contributed by atoms with Crippen LogP contribution in [-0.4, -0.2) is 26.8 Å². The van der Waals surface area contributed by atoms with Crippen molar-refractivity contribution in [1.29, 1.82) is 0 Å². The van der Waals surface area contributed by atoms with Crippen LogP contribution in [0.3, 0.4) is 0 Å². The largest absolute Gasteiger partial charge is 0.351 e. The zero-order valence-corrected chi connectivity index (χ0v) is 10.7. The molecule has 2 aromatic rings. The van der Waals surface area contributed by atoms with Crippen LogP contribution in [-0.2, 0) is 11.2 Å². The Morgan fingerprint density at radius 1 is 1.44 bits per heavy atom. The highest BCUT2D eigenvalue weighted by molar-refractivity contribution is 7.09. The molecule has 0 aliphatic rings. The maximum Gasteiger partial charge on any atom is 0.244 e. The fourth-order valence-corrected chi connectivity index (χ4v) is 1.89. The van der Waals surface area contributed by atoms with E-state index in [1.807, 2.05) is 13.0 Å². The van der Waals surface area contributed by atoms with E-state index in [-0.39, 0.29) is 12.5 Å². The minimum atomic E-state index is -0.165. The molecule has 2 aromatic heterocycles. The number of rotatable bonds is 5. The van der Waals surface area contributed by atoms with Gasteiger partial charge in [-0.25, -0.2) is 9.97 Å². The van der Waals surface area contributed by atoms with Crippen LogP contribution in [0.25, 0.3) is 0 Å². The van der Waals surface area contributed by atoms with E-state index in [9.17, 15) is 4.79 Å². The molecule has 0 aliphatic carbocycles. The van der Waals surface area contributed by atoms with E-state index < -0.39 is 0 Å². The second-order valence-electron chi connectivity index (χ2n) is 3.49. The van der Waals surface area contributed by atoms with Gasteiger partial charge in [-0.15, -0.1) is 0 Å². The fraction of sp³-hybridized carbons (Fsp3) is 0.273. The Kier molecular flexibility index (Phi) is 4.19. The third-order valence-electron chi connectivity index (χ3n) is 2.12. The van der Waals surface area contributed by atoms with Gasteiger partial charge in [-0.2, -0.15) is 4.37 Å². The van der Waals surface area contributed by atoms with Gasteiger partial charge in [0.15, 0.2) is 0 Å². The summed E-state index contributed by atoms with van der Waals surface area (Å²) in [5.74, 6) is 1.16. The molecule has 0 fully saturated rings. The van der Waals surface area contributed by atoms with Gasteiger partial charge in [0.05, 0.1) is 6.54 Å². The van der Waals surface area contributed by atoms with Crippen LogP contribution in [0.5, 0.6) is 0 Å². The summed E-state index contributed by atoms with van der Waals surface area (Å²) in [5, 5.41) is 6.26. The Balaban J connectivity index is 1.81. The Labute approximate surface area is 109 Å². The number of hydrogen-bond donors (Lipinski definition) is 2. The highest BCUT2D eigenvalue weighted by Gasteiger charge is 2.05. The van der Waals surface area contributed by atoms with E-state index in [1.54, 1.807) is 18.3 Å². The maximum atomic E-state index is 11.6. The molecule has 2 heterocycles. The predicted octanol–water partition coefficient (Wildman–Crippen LogP) is 1.55. The first-order chi connectivity index (χ1) is 8.78. The van der Waals surface area contributed by atoms with Crippen LogP contribution in [0.4, 0.5) is 10.9 Å². The number of nitrogens with one attached hydrogen (secondary N) is 2. The Bertz CT molecular complexity index is 513. The van der Waals surface area contributed by atoms with Crippen molar-refractivity contribution < 1.29 is 4.79 Å². The molecule has 0 unspecified atom stereocenters. The molecule has 0 radical (unpaired) electrons. The summed E-state index contributed by atoms with van der Waals surface area (Å²) in [6, 6.07) is 5.34. The molecule has 18 heavy (non-hydrogen) atoms. The van der Waals surface area contributed by atoms with Crippen LogP contribution < -0.4 is 10.6 Å². The molecule has 0 aromatic carbocycles. The molecule has 0 spiro atoms. The molecule has 0 saturated carbocycles. The minimum Gasteiger partial charge on any atom is -0.351 e. The topological polar surface area (TPSA) is 79.8 Å². The second kappa shape index (κ2) is 6.06.